The Hall–Kier alpha value is -2.92. The first-order valence-corrected chi connectivity index (χ1v) is 8.94. The van der Waals surface area contributed by atoms with Gasteiger partial charge in [0.15, 0.2) is 11.5 Å². The van der Waals surface area contributed by atoms with E-state index >= 15 is 0 Å². The number of ether oxygens (including phenoxy) is 1. The molecule has 0 bridgehead atoms. The zero-order valence-electron chi connectivity index (χ0n) is 15.0. The van der Waals surface area contributed by atoms with Crippen LogP contribution in [0.25, 0.3) is 16.4 Å². The van der Waals surface area contributed by atoms with Crippen molar-refractivity contribution < 1.29 is 4.74 Å². The summed E-state index contributed by atoms with van der Waals surface area (Å²) in [4.78, 5) is 0. The van der Waals surface area contributed by atoms with Gasteiger partial charge in [-0.25, -0.2) is 0 Å². The van der Waals surface area contributed by atoms with Crippen molar-refractivity contribution in [3.05, 3.63) is 72.2 Å². The molecule has 0 saturated carbocycles. The van der Waals surface area contributed by atoms with E-state index < -0.39 is 0 Å². The second-order valence-corrected chi connectivity index (χ2v) is 6.29. The van der Waals surface area contributed by atoms with E-state index in [4.69, 9.17) is 4.74 Å². The number of rotatable bonds is 6. The molecule has 0 aliphatic carbocycles. The summed E-state index contributed by atoms with van der Waals surface area (Å²) in [6, 6.07) is 18.5. The lowest BCUT2D eigenvalue weighted by atomic mass is 10.0. The van der Waals surface area contributed by atoms with Crippen molar-refractivity contribution >= 4 is 16.4 Å². The summed E-state index contributed by atoms with van der Waals surface area (Å²) in [5.74, 6) is 1.83. The third kappa shape index (κ3) is 3.02. The molecule has 26 heavy (non-hydrogen) atoms. The fraction of sp³-hybridized carbons (Fsp3) is 0.238. The first-order chi connectivity index (χ1) is 12.8. The van der Waals surface area contributed by atoms with Crippen molar-refractivity contribution in [3.8, 4) is 5.75 Å². The summed E-state index contributed by atoms with van der Waals surface area (Å²) in [7, 11) is 0. The number of hydrogen-bond donors (Lipinski definition) is 1. The summed E-state index contributed by atoms with van der Waals surface area (Å²) in [6.07, 6.45) is 1.99. The van der Waals surface area contributed by atoms with Crippen molar-refractivity contribution in [1.82, 2.24) is 19.9 Å². The molecule has 0 radical (unpaired) electrons. The molecule has 0 aliphatic rings. The Morgan fingerprint density at radius 2 is 1.88 bits per heavy atom. The number of pyridine rings is 1. The van der Waals surface area contributed by atoms with Crippen LogP contribution in [-0.2, 0) is 6.54 Å². The molecule has 4 aromatic rings. The molecule has 0 amide bonds. The van der Waals surface area contributed by atoms with Crippen LogP contribution in [0.5, 0.6) is 5.75 Å². The summed E-state index contributed by atoms with van der Waals surface area (Å²) in [5, 5.41) is 14.6. The van der Waals surface area contributed by atoms with Gasteiger partial charge in [-0.15, -0.1) is 10.2 Å². The Bertz CT molecular complexity index is 1040. The molecule has 0 fully saturated rings. The van der Waals surface area contributed by atoms with Crippen LogP contribution in [0.1, 0.15) is 31.3 Å². The standard InChI is InChI=1S/C21H22N4O/c1-3-26-19-12-11-16-8-4-5-9-17(16)18(19)14-22-15(2)21-24-23-20-10-6-7-13-25(20)21/h4-13,15,22H,3,14H2,1-2H3. The van der Waals surface area contributed by atoms with E-state index in [9.17, 15) is 0 Å². The summed E-state index contributed by atoms with van der Waals surface area (Å²) in [5.41, 5.74) is 2.03. The van der Waals surface area contributed by atoms with Gasteiger partial charge in [-0.1, -0.05) is 36.4 Å². The Kier molecular flexibility index (Phi) is 4.54. The first kappa shape index (κ1) is 16.5. The zero-order valence-corrected chi connectivity index (χ0v) is 15.0. The van der Waals surface area contributed by atoms with E-state index in [-0.39, 0.29) is 6.04 Å². The maximum atomic E-state index is 5.87. The van der Waals surface area contributed by atoms with Crippen LogP contribution >= 0.6 is 0 Å². The zero-order chi connectivity index (χ0) is 17.9. The number of benzene rings is 2. The normalized spacial score (nSPS) is 12.5. The lowest BCUT2D eigenvalue weighted by Gasteiger charge is -2.17. The number of aromatic nitrogens is 3. The van der Waals surface area contributed by atoms with Crippen LogP contribution in [0.15, 0.2) is 60.8 Å². The van der Waals surface area contributed by atoms with Gasteiger partial charge in [-0.3, -0.25) is 4.40 Å². The van der Waals surface area contributed by atoms with Crippen LogP contribution in [-0.4, -0.2) is 21.2 Å². The highest BCUT2D eigenvalue weighted by Crippen LogP contribution is 2.28. The molecule has 1 unspecified atom stereocenters. The molecule has 1 atom stereocenters. The molecular weight excluding hydrogens is 324 g/mol. The largest absolute Gasteiger partial charge is 0.494 e. The van der Waals surface area contributed by atoms with Crippen LogP contribution in [0.2, 0.25) is 0 Å². The van der Waals surface area contributed by atoms with Gasteiger partial charge in [0.25, 0.3) is 0 Å². The molecule has 2 aromatic heterocycles. The fourth-order valence-corrected chi connectivity index (χ4v) is 3.29. The van der Waals surface area contributed by atoms with Gasteiger partial charge in [0, 0.05) is 18.3 Å². The Balaban J connectivity index is 1.63. The van der Waals surface area contributed by atoms with Crippen molar-refractivity contribution in [2.75, 3.05) is 6.61 Å². The van der Waals surface area contributed by atoms with Gasteiger partial charge in [0.05, 0.1) is 12.6 Å². The SMILES string of the molecule is CCOc1ccc2ccccc2c1CNC(C)c1nnc2ccccn12. The highest BCUT2D eigenvalue weighted by molar-refractivity contribution is 5.87. The third-order valence-electron chi connectivity index (χ3n) is 4.61. The lowest BCUT2D eigenvalue weighted by molar-refractivity contribution is 0.335. The van der Waals surface area contributed by atoms with Crippen LogP contribution < -0.4 is 10.1 Å². The molecule has 2 heterocycles. The molecule has 0 aliphatic heterocycles. The minimum absolute atomic E-state index is 0.0563. The second-order valence-electron chi connectivity index (χ2n) is 6.29. The molecule has 2 aromatic carbocycles. The average molecular weight is 346 g/mol. The van der Waals surface area contributed by atoms with Gasteiger partial charge >= 0.3 is 0 Å². The topological polar surface area (TPSA) is 51.5 Å². The van der Waals surface area contributed by atoms with Crippen molar-refractivity contribution in [1.29, 1.82) is 0 Å². The number of nitrogens with one attached hydrogen (secondary N) is 1. The maximum Gasteiger partial charge on any atom is 0.160 e. The first-order valence-electron chi connectivity index (χ1n) is 8.94. The highest BCUT2D eigenvalue weighted by Gasteiger charge is 2.15. The quantitative estimate of drug-likeness (QED) is 0.570. The highest BCUT2D eigenvalue weighted by atomic mass is 16.5. The molecule has 5 heteroatoms. The predicted octanol–water partition coefficient (Wildman–Crippen LogP) is 4.13. The molecule has 1 N–H and O–H groups in total. The van der Waals surface area contributed by atoms with E-state index in [0.29, 0.717) is 13.2 Å². The Labute approximate surface area is 152 Å². The second kappa shape index (κ2) is 7.14. The van der Waals surface area contributed by atoms with Crippen LogP contribution in [0.4, 0.5) is 0 Å². The average Bonchev–Trinajstić information content (AvgIpc) is 3.11. The lowest BCUT2D eigenvalue weighted by Crippen LogP contribution is -2.21. The predicted molar refractivity (Wildman–Crippen MR) is 103 cm³/mol. The monoisotopic (exact) mass is 346 g/mol. The number of fused-ring (bicyclic) bond motifs is 2. The maximum absolute atomic E-state index is 5.87. The number of hydrogen-bond acceptors (Lipinski definition) is 4. The molecule has 132 valence electrons. The Morgan fingerprint density at radius 3 is 2.77 bits per heavy atom. The molecule has 0 saturated heterocycles. The fourth-order valence-electron chi connectivity index (χ4n) is 3.29. The van der Waals surface area contributed by atoms with Gasteiger partial charge in [-0.05, 0) is 42.8 Å². The summed E-state index contributed by atoms with van der Waals surface area (Å²) < 4.78 is 7.88. The third-order valence-corrected chi connectivity index (χ3v) is 4.61. The van der Waals surface area contributed by atoms with E-state index in [1.807, 2.05) is 35.7 Å². The van der Waals surface area contributed by atoms with E-state index in [2.05, 4.69) is 58.8 Å². The Morgan fingerprint density at radius 1 is 1.04 bits per heavy atom. The summed E-state index contributed by atoms with van der Waals surface area (Å²) >= 11 is 0. The summed E-state index contributed by atoms with van der Waals surface area (Å²) in [6.45, 7) is 5.46. The smallest absolute Gasteiger partial charge is 0.160 e. The number of nitrogens with zero attached hydrogens (tertiary/aromatic N) is 3. The van der Waals surface area contributed by atoms with Crippen molar-refractivity contribution in [2.45, 2.75) is 26.4 Å². The van der Waals surface area contributed by atoms with Crippen molar-refractivity contribution in [2.24, 2.45) is 0 Å². The van der Waals surface area contributed by atoms with E-state index in [1.54, 1.807) is 0 Å². The van der Waals surface area contributed by atoms with Gasteiger partial charge in [0.2, 0.25) is 0 Å². The minimum atomic E-state index is 0.0563. The van der Waals surface area contributed by atoms with Gasteiger partial charge in [-0.2, -0.15) is 0 Å². The van der Waals surface area contributed by atoms with E-state index in [1.165, 1.54) is 16.3 Å². The van der Waals surface area contributed by atoms with Gasteiger partial charge < -0.3 is 10.1 Å². The van der Waals surface area contributed by atoms with Crippen molar-refractivity contribution in [3.63, 3.8) is 0 Å². The molecule has 0 spiro atoms. The minimum Gasteiger partial charge on any atom is -0.494 e. The van der Waals surface area contributed by atoms with E-state index in [0.717, 1.165) is 17.2 Å². The molecule has 4 rings (SSSR count). The molecular formula is C21H22N4O. The van der Waals surface area contributed by atoms with Crippen LogP contribution in [0.3, 0.4) is 0 Å². The van der Waals surface area contributed by atoms with Gasteiger partial charge in [0.1, 0.15) is 5.75 Å². The molecule has 5 nitrogen and oxygen atoms in total. The van der Waals surface area contributed by atoms with Crippen LogP contribution in [0, 0.1) is 0 Å².